The molecule has 100 valence electrons. The van der Waals surface area contributed by atoms with E-state index in [1.165, 1.54) is 44.9 Å². The van der Waals surface area contributed by atoms with Crippen molar-refractivity contribution in [3.05, 3.63) is 23.0 Å². The van der Waals surface area contributed by atoms with Gasteiger partial charge in [-0.15, -0.1) is 0 Å². The van der Waals surface area contributed by atoms with Gasteiger partial charge in [0, 0.05) is 6.54 Å². The van der Waals surface area contributed by atoms with Crippen LogP contribution in [0.25, 0.3) is 0 Å². The fourth-order valence-corrected chi connectivity index (χ4v) is 2.77. The molecule has 0 aromatic carbocycles. The first kappa shape index (κ1) is 13.7. The molecule has 2 rings (SSSR count). The number of halogens is 1. The maximum atomic E-state index is 5.93. The number of pyridine rings is 1. The van der Waals surface area contributed by atoms with Gasteiger partial charge in [-0.05, 0) is 37.3 Å². The van der Waals surface area contributed by atoms with E-state index in [9.17, 15) is 0 Å². The van der Waals surface area contributed by atoms with E-state index in [4.69, 9.17) is 11.6 Å². The van der Waals surface area contributed by atoms with E-state index >= 15 is 0 Å². The SMILES string of the molecule is Cc1cc(NCC2CCCCCCC2)cnc1Cl. The van der Waals surface area contributed by atoms with Crippen molar-refractivity contribution in [2.75, 3.05) is 11.9 Å². The lowest BCUT2D eigenvalue weighted by Crippen LogP contribution is -2.15. The van der Waals surface area contributed by atoms with Crippen molar-refractivity contribution < 1.29 is 0 Å². The zero-order chi connectivity index (χ0) is 12.8. The molecule has 0 bridgehead atoms. The second-order valence-electron chi connectivity index (χ2n) is 5.42. The van der Waals surface area contributed by atoms with E-state index in [1.54, 1.807) is 0 Å². The van der Waals surface area contributed by atoms with E-state index in [-0.39, 0.29) is 0 Å². The van der Waals surface area contributed by atoms with E-state index in [1.807, 2.05) is 13.1 Å². The Hall–Kier alpha value is -0.760. The highest BCUT2D eigenvalue weighted by Crippen LogP contribution is 2.23. The quantitative estimate of drug-likeness (QED) is 0.794. The summed E-state index contributed by atoms with van der Waals surface area (Å²) in [7, 11) is 0. The fourth-order valence-electron chi connectivity index (χ4n) is 2.66. The second kappa shape index (κ2) is 6.98. The third-order valence-electron chi connectivity index (χ3n) is 3.83. The minimum atomic E-state index is 0.603. The molecule has 0 unspecified atom stereocenters. The molecule has 1 saturated carbocycles. The number of aromatic nitrogens is 1. The summed E-state index contributed by atoms with van der Waals surface area (Å²) in [5.74, 6) is 0.821. The lowest BCUT2D eigenvalue weighted by Gasteiger charge is -2.20. The number of rotatable bonds is 3. The topological polar surface area (TPSA) is 24.9 Å². The molecule has 1 fully saturated rings. The third-order valence-corrected chi connectivity index (χ3v) is 4.23. The van der Waals surface area contributed by atoms with Gasteiger partial charge in [0.05, 0.1) is 11.9 Å². The summed E-state index contributed by atoms with van der Waals surface area (Å²) in [5, 5.41) is 4.11. The molecule has 2 nitrogen and oxygen atoms in total. The summed E-state index contributed by atoms with van der Waals surface area (Å²) >= 11 is 5.93. The first-order valence-electron chi connectivity index (χ1n) is 7.12. The largest absolute Gasteiger partial charge is 0.384 e. The Kier molecular flexibility index (Phi) is 5.30. The number of anilines is 1. The average molecular weight is 267 g/mol. The van der Waals surface area contributed by atoms with Gasteiger partial charge in [-0.25, -0.2) is 4.98 Å². The highest BCUT2D eigenvalue weighted by molar-refractivity contribution is 6.30. The smallest absolute Gasteiger partial charge is 0.132 e. The van der Waals surface area contributed by atoms with Crippen LogP contribution >= 0.6 is 11.6 Å². The normalized spacial score (nSPS) is 18.1. The van der Waals surface area contributed by atoms with Crippen molar-refractivity contribution in [2.24, 2.45) is 5.92 Å². The molecule has 1 aliphatic rings. The van der Waals surface area contributed by atoms with Crippen molar-refractivity contribution in [2.45, 2.75) is 51.9 Å². The van der Waals surface area contributed by atoms with Crippen LogP contribution in [0.5, 0.6) is 0 Å². The van der Waals surface area contributed by atoms with Crippen LogP contribution in [0.3, 0.4) is 0 Å². The van der Waals surface area contributed by atoms with Gasteiger partial charge >= 0.3 is 0 Å². The second-order valence-corrected chi connectivity index (χ2v) is 5.78. The van der Waals surface area contributed by atoms with Crippen LogP contribution < -0.4 is 5.32 Å². The number of nitrogens with one attached hydrogen (secondary N) is 1. The lowest BCUT2D eigenvalue weighted by molar-refractivity contribution is 0.392. The van der Waals surface area contributed by atoms with Crippen LogP contribution in [0, 0.1) is 12.8 Å². The summed E-state index contributed by atoms with van der Waals surface area (Å²) in [6.45, 7) is 3.07. The molecular formula is C15H23ClN2. The van der Waals surface area contributed by atoms with Crippen molar-refractivity contribution in [1.29, 1.82) is 0 Å². The van der Waals surface area contributed by atoms with Crippen molar-refractivity contribution in [3.63, 3.8) is 0 Å². The monoisotopic (exact) mass is 266 g/mol. The highest BCUT2D eigenvalue weighted by Gasteiger charge is 2.11. The molecular weight excluding hydrogens is 244 g/mol. The molecule has 1 heterocycles. The zero-order valence-corrected chi connectivity index (χ0v) is 12.0. The molecule has 3 heteroatoms. The van der Waals surface area contributed by atoms with Gasteiger partial charge in [0.25, 0.3) is 0 Å². The maximum absolute atomic E-state index is 5.93. The standard InChI is InChI=1S/C15H23ClN2/c1-12-9-14(11-18-15(12)16)17-10-13-7-5-3-2-4-6-8-13/h9,11,13,17H,2-8,10H2,1H3. The van der Waals surface area contributed by atoms with Crippen LogP contribution in [0.2, 0.25) is 5.15 Å². The molecule has 0 atom stereocenters. The summed E-state index contributed by atoms with van der Waals surface area (Å²) in [5.41, 5.74) is 2.14. The first-order valence-corrected chi connectivity index (χ1v) is 7.49. The Morgan fingerprint density at radius 2 is 1.89 bits per heavy atom. The van der Waals surface area contributed by atoms with Gasteiger partial charge in [-0.2, -0.15) is 0 Å². The van der Waals surface area contributed by atoms with E-state index in [0.717, 1.165) is 23.7 Å². The molecule has 0 radical (unpaired) electrons. The molecule has 1 N–H and O–H groups in total. The first-order chi connectivity index (χ1) is 8.75. The highest BCUT2D eigenvalue weighted by atomic mass is 35.5. The molecule has 0 aliphatic heterocycles. The van der Waals surface area contributed by atoms with Crippen molar-refractivity contribution in [1.82, 2.24) is 4.98 Å². The number of hydrogen-bond acceptors (Lipinski definition) is 2. The fraction of sp³-hybridized carbons (Fsp3) is 0.667. The Morgan fingerprint density at radius 3 is 2.56 bits per heavy atom. The van der Waals surface area contributed by atoms with Gasteiger partial charge in [-0.3, -0.25) is 0 Å². The van der Waals surface area contributed by atoms with Gasteiger partial charge < -0.3 is 5.32 Å². The predicted molar refractivity (Wildman–Crippen MR) is 78.3 cm³/mol. The van der Waals surface area contributed by atoms with Crippen LogP contribution in [0.4, 0.5) is 5.69 Å². The molecule has 0 spiro atoms. The zero-order valence-electron chi connectivity index (χ0n) is 11.2. The van der Waals surface area contributed by atoms with Crippen LogP contribution in [0.1, 0.15) is 50.5 Å². The molecule has 0 amide bonds. The van der Waals surface area contributed by atoms with Gasteiger partial charge in [0.15, 0.2) is 0 Å². The lowest BCUT2D eigenvalue weighted by atomic mass is 9.91. The third kappa shape index (κ3) is 4.16. The van der Waals surface area contributed by atoms with Crippen molar-refractivity contribution in [3.8, 4) is 0 Å². The molecule has 1 aromatic heterocycles. The van der Waals surface area contributed by atoms with Crippen LogP contribution in [-0.4, -0.2) is 11.5 Å². The molecule has 1 aromatic rings. The summed E-state index contributed by atoms with van der Waals surface area (Å²) in [6, 6.07) is 2.08. The Morgan fingerprint density at radius 1 is 1.22 bits per heavy atom. The molecule has 18 heavy (non-hydrogen) atoms. The Labute approximate surface area is 115 Å². The van der Waals surface area contributed by atoms with E-state index in [2.05, 4.69) is 16.4 Å². The molecule has 1 aliphatic carbocycles. The van der Waals surface area contributed by atoms with Crippen LogP contribution in [0.15, 0.2) is 12.3 Å². The van der Waals surface area contributed by atoms with E-state index < -0.39 is 0 Å². The Balaban J connectivity index is 1.83. The van der Waals surface area contributed by atoms with Crippen molar-refractivity contribution >= 4 is 17.3 Å². The number of hydrogen-bond donors (Lipinski definition) is 1. The predicted octanol–water partition coefficient (Wildman–Crippen LogP) is 4.82. The van der Waals surface area contributed by atoms with Gasteiger partial charge in [-0.1, -0.05) is 43.7 Å². The average Bonchev–Trinajstić information content (AvgIpc) is 2.32. The minimum Gasteiger partial charge on any atom is -0.384 e. The summed E-state index contributed by atoms with van der Waals surface area (Å²) < 4.78 is 0. The van der Waals surface area contributed by atoms with Gasteiger partial charge in [0.2, 0.25) is 0 Å². The number of nitrogens with zero attached hydrogens (tertiary/aromatic N) is 1. The van der Waals surface area contributed by atoms with Crippen LogP contribution in [-0.2, 0) is 0 Å². The van der Waals surface area contributed by atoms with E-state index in [0.29, 0.717) is 5.15 Å². The Bertz CT molecular complexity index is 371. The number of aryl methyl sites for hydroxylation is 1. The molecule has 0 saturated heterocycles. The summed E-state index contributed by atoms with van der Waals surface area (Å²) in [6.07, 6.45) is 11.6. The van der Waals surface area contributed by atoms with Gasteiger partial charge in [0.1, 0.15) is 5.15 Å². The maximum Gasteiger partial charge on any atom is 0.132 e. The minimum absolute atomic E-state index is 0.603. The summed E-state index contributed by atoms with van der Waals surface area (Å²) in [4.78, 5) is 4.18.